The first-order valence-electron chi connectivity index (χ1n) is 1.02. The van der Waals surface area contributed by atoms with E-state index >= 15 is 0 Å². The minimum atomic E-state index is -0.917. The molecule has 0 saturated carbocycles. The van der Waals surface area contributed by atoms with Crippen molar-refractivity contribution in [2.24, 2.45) is 5.73 Å². The summed E-state index contributed by atoms with van der Waals surface area (Å²) in [6, 6.07) is 0. The van der Waals surface area contributed by atoms with Crippen LogP contribution < -0.4 is 5.73 Å². The molecular formula is CH8NO2P. The van der Waals surface area contributed by atoms with E-state index in [4.69, 9.17) is 9.79 Å². The van der Waals surface area contributed by atoms with Crippen LogP contribution in [-0.4, -0.2) is 16.8 Å². The molecule has 0 aliphatic heterocycles. The Labute approximate surface area is 32.8 Å². The molecule has 0 amide bonds. The largest absolute Gasteiger partial charge is 0.352 e. The molecule has 0 unspecified atom stereocenters. The van der Waals surface area contributed by atoms with E-state index in [0.29, 0.717) is 0 Å². The first-order chi connectivity index (χ1) is 2.41. The van der Waals surface area contributed by atoms with Gasteiger partial charge in [0.05, 0.1) is 0 Å². The van der Waals surface area contributed by atoms with Gasteiger partial charge in [0.25, 0.3) is 0 Å². The average Bonchev–Trinajstić information content (AvgIpc) is 1.46. The molecule has 0 aliphatic carbocycles. The topological polar surface area (TPSA) is 66.5 Å². The first kappa shape index (κ1) is 9.00. The Morgan fingerprint density at radius 3 is 1.40 bits per heavy atom. The maximum atomic E-state index is 7.15. The first-order valence-corrected chi connectivity index (χ1v) is 1.92. The van der Waals surface area contributed by atoms with Gasteiger partial charge < -0.3 is 15.5 Å². The Bertz CT molecular complexity index is 9.61. The van der Waals surface area contributed by atoms with Gasteiger partial charge in [-0.1, -0.05) is 0 Å². The molecule has 0 bridgehead atoms. The maximum Gasteiger partial charge on any atom is 0.149 e. The van der Waals surface area contributed by atoms with E-state index < -0.39 is 9.03 Å². The van der Waals surface area contributed by atoms with Gasteiger partial charge in [0, 0.05) is 0 Å². The van der Waals surface area contributed by atoms with Crippen molar-refractivity contribution >= 4 is 9.03 Å². The quantitative estimate of drug-likeness (QED) is 0.341. The fourth-order valence-electron chi connectivity index (χ4n) is 0. The van der Waals surface area contributed by atoms with Crippen LogP contribution in [0.25, 0.3) is 0 Å². The minimum Gasteiger partial charge on any atom is -0.352 e. The molecule has 3 nitrogen and oxygen atoms in total. The van der Waals surface area contributed by atoms with Crippen molar-refractivity contribution in [3.05, 3.63) is 0 Å². The summed E-state index contributed by atoms with van der Waals surface area (Å²) in [6.07, 6.45) is 0. The monoisotopic (exact) mass is 97.0 g/mol. The van der Waals surface area contributed by atoms with E-state index in [1.807, 2.05) is 0 Å². The van der Waals surface area contributed by atoms with Crippen LogP contribution in [0.15, 0.2) is 0 Å². The Morgan fingerprint density at radius 1 is 1.40 bits per heavy atom. The smallest absolute Gasteiger partial charge is 0.149 e. The highest BCUT2D eigenvalue weighted by molar-refractivity contribution is 7.23. The predicted octanol–water partition coefficient (Wildman–Crippen LogP) is -0.946. The van der Waals surface area contributed by atoms with Crippen molar-refractivity contribution in [2.75, 3.05) is 7.05 Å². The number of nitrogens with two attached hydrogens (primary N) is 1. The molecule has 4 N–H and O–H groups in total. The lowest BCUT2D eigenvalue weighted by Crippen LogP contribution is -1.69. The molecule has 0 heterocycles. The summed E-state index contributed by atoms with van der Waals surface area (Å²) in [5.74, 6) is 0. The molecule has 0 radical (unpaired) electrons. The Morgan fingerprint density at radius 2 is 1.40 bits per heavy atom. The third kappa shape index (κ3) is 239. The zero-order valence-electron chi connectivity index (χ0n) is 2.97. The van der Waals surface area contributed by atoms with Gasteiger partial charge in [0.1, 0.15) is 9.03 Å². The van der Waals surface area contributed by atoms with Crippen molar-refractivity contribution in [2.45, 2.75) is 0 Å². The average molecular weight is 97.1 g/mol. The van der Waals surface area contributed by atoms with Crippen LogP contribution in [0.1, 0.15) is 0 Å². The molecule has 34 valence electrons. The highest BCUT2D eigenvalue weighted by Gasteiger charge is 1.34. The third-order valence-electron chi connectivity index (χ3n) is 0. The van der Waals surface area contributed by atoms with E-state index in [-0.39, 0.29) is 0 Å². The van der Waals surface area contributed by atoms with E-state index in [1.165, 1.54) is 7.05 Å². The zero-order valence-corrected chi connectivity index (χ0v) is 3.97. The molecule has 0 aliphatic rings. The summed E-state index contributed by atoms with van der Waals surface area (Å²) < 4.78 is 0. The highest BCUT2D eigenvalue weighted by Crippen LogP contribution is 1.81. The predicted molar refractivity (Wildman–Crippen MR) is 22.9 cm³/mol. The van der Waals surface area contributed by atoms with Gasteiger partial charge in [0.2, 0.25) is 0 Å². The number of hydrogen-bond donors (Lipinski definition) is 3. The third-order valence-corrected chi connectivity index (χ3v) is 0. The zero-order chi connectivity index (χ0) is 4.71. The second-order valence-corrected chi connectivity index (χ2v) is 0.300. The number of rotatable bonds is 0. The normalized spacial score (nSPS) is 4.80. The molecule has 0 aromatic carbocycles. The summed E-state index contributed by atoms with van der Waals surface area (Å²) >= 11 is 0. The number of hydrogen-bond acceptors (Lipinski definition) is 3. The fraction of sp³-hybridized carbons (Fsp3) is 1.00. The van der Waals surface area contributed by atoms with E-state index in [0.717, 1.165) is 0 Å². The Balaban J connectivity index is 0. The molecule has 0 rings (SSSR count). The molecular weight excluding hydrogens is 89.0 g/mol. The van der Waals surface area contributed by atoms with Gasteiger partial charge in [-0.15, -0.1) is 0 Å². The lowest BCUT2D eigenvalue weighted by atomic mass is 11.6. The van der Waals surface area contributed by atoms with Crippen LogP contribution in [0.3, 0.4) is 0 Å². The maximum absolute atomic E-state index is 7.15. The second kappa shape index (κ2) is 27.5. The summed E-state index contributed by atoms with van der Waals surface area (Å²) in [7, 11) is 0.583. The van der Waals surface area contributed by atoms with Crippen molar-refractivity contribution in [1.29, 1.82) is 0 Å². The van der Waals surface area contributed by atoms with Crippen LogP contribution in [0.2, 0.25) is 0 Å². The van der Waals surface area contributed by atoms with Gasteiger partial charge in [-0.25, -0.2) is 0 Å². The molecule has 0 spiro atoms. The summed E-state index contributed by atoms with van der Waals surface area (Å²) in [5, 5.41) is 0. The van der Waals surface area contributed by atoms with Gasteiger partial charge in [0.15, 0.2) is 0 Å². The summed E-state index contributed by atoms with van der Waals surface area (Å²) in [5.41, 5.74) is 4.50. The van der Waals surface area contributed by atoms with Crippen LogP contribution >= 0.6 is 9.03 Å². The molecule has 0 aromatic heterocycles. The second-order valence-electron chi connectivity index (χ2n) is 0.100. The van der Waals surface area contributed by atoms with Gasteiger partial charge in [-0.3, -0.25) is 0 Å². The SMILES string of the molecule is CN.OPO. The standard InChI is InChI=1S/CH5N.H3O2P/c1-2;1-3-2/h2H2,1H3;1-3H. The van der Waals surface area contributed by atoms with E-state index in [2.05, 4.69) is 5.73 Å². The van der Waals surface area contributed by atoms with Crippen LogP contribution in [0.4, 0.5) is 0 Å². The molecule has 4 heteroatoms. The van der Waals surface area contributed by atoms with Crippen molar-refractivity contribution in [1.82, 2.24) is 0 Å². The Kier molecular flexibility index (Phi) is 49.5. The highest BCUT2D eigenvalue weighted by atomic mass is 31.1. The lowest BCUT2D eigenvalue weighted by Gasteiger charge is -1.54. The van der Waals surface area contributed by atoms with Crippen molar-refractivity contribution in [3.63, 3.8) is 0 Å². The lowest BCUT2D eigenvalue weighted by molar-refractivity contribution is 0.513. The van der Waals surface area contributed by atoms with Gasteiger partial charge in [-0.2, -0.15) is 0 Å². The van der Waals surface area contributed by atoms with Crippen molar-refractivity contribution < 1.29 is 9.79 Å². The van der Waals surface area contributed by atoms with E-state index in [9.17, 15) is 0 Å². The molecule has 0 aromatic rings. The summed E-state index contributed by atoms with van der Waals surface area (Å²) in [4.78, 5) is 14.3. The fourth-order valence-corrected chi connectivity index (χ4v) is 0. The van der Waals surface area contributed by atoms with Crippen LogP contribution in [0, 0.1) is 0 Å². The molecule has 0 saturated heterocycles. The Hall–Kier alpha value is 0.310. The van der Waals surface area contributed by atoms with Crippen LogP contribution in [0.5, 0.6) is 0 Å². The van der Waals surface area contributed by atoms with Gasteiger partial charge in [-0.05, 0) is 7.05 Å². The van der Waals surface area contributed by atoms with Gasteiger partial charge >= 0.3 is 0 Å². The molecule has 0 atom stereocenters. The summed E-state index contributed by atoms with van der Waals surface area (Å²) in [6.45, 7) is 0. The van der Waals surface area contributed by atoms with Crippen molar-refractivity contribution in [3.8, 4) is 0 Å². The molecule has 0 fully saturated rings. The van der Waals surface area contributed by atoms with E-state index in [1.54, 1.807) is 0 Å². The molecule has 5 heavy (non-hydrogen) atoms. The minimum absolute atomic E-state index is 0.917. The van der Waals surface area contributed by atoms with Crippen LogP contribution in [-0.2, 0) is 0 Å².